The smallest absolute Gasteiger partial charge is 0.259 e. The van der Waals surface area contributed by atoms with E-state index in [2.05, 4.69) is 25.7 Å². The summed E-state index contributed by atoms with van der Waals surface area (Å²) in [6.45, 7) is 1.93. The quantitative estimate of drug-likeness (QED) is 0.648. The summed E-state index contributed by atoms with van der Waals surface area (Å²) >= 11 is 0. The van der Waals surface area contributed by atoms with Crippen molar-refractivity contribution in [1.82, 2.24) is 25.1 Å². The first-order chi connectivity index (χ1) is 14.1. The number of hydrogen-bond acceptors (Lipinski definition) is 6. The third-order valence-corrected chi connectivity index (χ3v) is 5.13. The molecule has 0 spiro atoms. The number of carbonyl (C=O) groups excluding carboxylic acids is 1. The van der Waals surface area contributed by atoms with Gasteiger partial charge in [0, 0.05) is 30.9 Å². The van der Waals surface area contributed by atoms with Gasteiger partial charge in [0.2, 0.25) is 5.95 Å². The SMILES string of the molecule is COc1ccc(-c2cncc(C(=O)Nc3nc(C4CCNCC4)nn3C)c2)cc1.Cl. The lowest BCUT2D eigenvalue weighted by atomic mass is 9.98. The number of pyridine rings is 1. The van der Waals surface area contributed by atoms with Crippen LogP contribution in [0.2, 0.25) is 0 Å². The number of benzene rings is 1. The second-order valence-electron chi connectivity index (χ2n) is 7.09. The van der Waals surface area contributed by atoms with E-state index in [0.717, 1.165) is 48.6 Å². The van der Waals surface area contributed by atoms with Gasteiger partial charge in [0.1, 0.15) is 5.75 Å². The largest absolute Gasteiger partial charge is 0.497 e. The fourth-order valence-corrected chi connectivity index (χ4v) is 3.45. The molecule has 30 heavy (non-hydrogen) atoms. The van der Waals surface area contributed by atoms with Gasteiger partial charge in [-0.3, -0.25) is 15.1 Å². The summed E-state index contributed by atoms with van der Waals surface area (Å²) in [5.74, 6) is 2.07. The van der Waals surface area contributed by atoms with Gasteiger partial charge in [0.05, 0.1) is 12.7 Å². The van der Waals surface area contributed by atoms with Crippen LogP contribution in [0.4, 0.5) is 5.95 Å². The van der Waals surface area contributed by atoms with Crippen LogP contribution in [0.5, 0.6) is 5.75 Å². The van der Waals surface area contributed by atoms with Gasteiger partial charge in [0.25, 0.3) is 5.91 Å². The first kappa shape index (κ1) is 21.7. The van der Waals surface area contributed by atoms with Crippen LogP contribution in [0.25, 0.3) is 11.1 Å². The van der Waals surface area contributed by atoms with Crippen molar-refractivity contribution in [1.29, 1.82) is 0 Å². The number of ether oxygens (including phenoxy) is 1. The van der Waals surface area contributed by atoms with E-state index in [-0.39, 0.29) is 18.3 Å². The van der Waals surface area contributed by atoms with Crippen molar-refractivity contribution >= 4 is 24.3 Å². The average molecular weight is 429 g/mol. The Hall–Kier alpha value is -2.97. The number of carbonyl (C=O) groups is 1. The number of halogens is 1. The number of anilines is 1. The number of piperidine rings is 1. The van der Waals surface area contributed by atoms with Crippen LogP contribution in [-0.4, -0.2) is 45.9 Å². The molecule has 3 aromatic rings. The Balaban J connectivity index is 0.00000256. The Morgan fingerprint density at radius 1 is 1.17 bits per heavy atom. The van der Waals surface area contributed by atoms with E-state index < -0.39 is 0 Å². The highest BCUT2D eigenvalue weighted by molar-refractivity contribution is 6.03. The first-order valence-corrected chi connectivity index (χ1v) is 9.66. The second kappa shape index (κ2) is 9.69. The van der Waals surface area contributed by atoms with Gasteiger partial charge in [-0.05, 0) is 49.7 Å². The number of hydrogen-bond donors (Lipinski definition) is 2. The highest BCUT2D eigenvalue weighted by atomic mass is 35.5. The van der Waals surface area contributed by atoms with Crippen LogP contribution < -0.4 is 15.4 Å². The summed E-state index contributed by atoms with van der Waals surface area (Å²) in [5.41, 5.74) is 2.28. The molecule has 4 rings (SSSR count). The molecule has 1 aliphatic heterocycles. The fraction of sp³-hybridized carbons (Fsp3) is 0.333. The van der Waals surface area contributed by atoms with E-state index >= 15 is 0 Å². The maximum atomic E-state index is 12.8. The molecule has 0 bridgehead atoms. The Morgan fingerprint density at radius 3 is 2.60 bits per heavy atom. The summed E-state index contributed by atoms with van der Waals surface area (Å²) in [7, 11) is 3.42. The van der Waals surface area contributed by atoms with Crippen molar-refractivity contribution < 1.29 is 9.53 Å². The van der Waals surface area contributed by atoms with Crippen molar-refractivity contribution in [3.8, 4) is 16.9 Å². The molecule has 1 amide bonds. The summed E-state index contributed by atoms with van der Waals surface area (Å²) in [5, 5.41) is 10.7. The van der Waals surface area contributed by atoms with E-state index in [1.165, 1.54) is 0 Å². The van der Waals surface area contributed by atoms with Gasteiger partial charge in [-0.15, -0.1) is 12.4 Å². The van der Waals surface area contributed by atoms with E-state index in [9.17, 15) is 4.79 Å². The van der Waals surface area contributed by atoms with E-state index in [1.807, 2.05) is 30.3 Å². The minimum atomic E-state index is -0.264. The van der Waals surface area contributed by atoms with Crippen LogP contribution in [0, 0.1) is 0 Å². The van der Waals surface area contributed by atoms with Crippen molar-refractivity contribution in [3.63, 3.8) is 0 Å². The van der Waals surface area contributed by atoms with Crippen molar-refractivity contribution in [2.45, 2.75) is 18.8 Å². The molecule has 2 aromatic heterocycles. The minimum Gasteiger partial charge on any atom is -0.497 e. The molecule has 0 radical (unpaired) electrons. The van der Waals surface area contributed by atoms with Crippen molar-refractivity contribution in [2.24, 2.45) is 7.05 Å². The highest BCUT2D eigenvalue weighted by Crippen LogP contribution is 2.24. The summed E-state index contributed by atoms with van der Waals surface area (Å²) in [6, 6.07) is 9.44. The summed E-state index contributed by atoms with van der Waals surface area (Å²) in [6.07, 6.45) is 5.29. The van der Waals surface area contributed by atoms with Gasteiger partial charge in [-0.25, -0.2) is 4.68 Å². The number of amides is 1. The number of nitrogens with zero attached hydrogens (tertiary/aromatic N) is 4. The van der Waals surface area contributed by atoms with Crippen molar-refractivity contribution in [3.05, 3.63) is 54.1 Å². The molecule has 0 saturated carbocycles. The van der Waals surface area contributed by atoms with Crippen LogP contribution in [-0.2, 0) is 7.05 Å². The molecule has 8 nitrogen and oxygen atoms in total. The molecular formula is C21H25ClN6O2. The average Bonchev–Trinajstić information content (AvgIpc) is 3.14. The predicted molar refractivity (Wildman–Crippen MR) is 117 cm³/mol. The molecule has 0 aliphatic carbocycles. The predicted octanol–water partition coefficient (Wildman–Crippen LogP) is 3.03. The lowest BCUT2D eigenvalue weighted by Gasteiger charge is -2.19. The Labute approximate surface area is 181 Å². The zero-order valence-corrected chi connectivity index (χ0v) is 17.8. The Bertz CT molecular complexity index is 999. The van der Waals surface area contributed by atoms with Gasteiger partial charge in [0.15, 0.2) is 5.82 Å². The van der Waals surface area contributed by atoms with Crippen molar-refractivity contribution in [2.75, 3.05) is 25.5 Å². The molecule has 1 saturated heterocycles. The number of aryl methyl sites for hydroxylation is 1. The topological polar surface area (TPSA) is 94.0 Å². The molecule has 0 unspecified atom stereocenters. The second-order valence-corrected chi connectivity index (χ2v) is 7.09. The van der Waals surface area contributed by atoms with E-state index in [1.54, 1.807) is 31.2 Å². The van der Waals surface area contributed by atoms with Crippen LogP contribution in [0.15, 0.2) is 42.7 Å². The monoisotopic (exact) mass is 428 g/mol. The lowest BCUT2D eigenvalue weighted by Crippen LogP contribution is -2.27. The number of methoxy groups -OCH3 is 1. The molecule has 3 heterocycles. The molecular weight excluding hydrogens is 404 g/mol. The van der Waals surface area contributed by atoms with Gasteiger partial charge < -0.3 is 10.1 Å². The Kier molecular flexibility index (Phi) is 7.02. The van der Waals surface area contributed by atoms with Crippen LogP contribution >= 0.6 is 12.4 Å². The van der Waals surface area contributed by atoms with E-state index in [0.29, 0.717) is 17.4 Å². The zero-order valence-electron chi connectivity index (χ0n) is 17.0. The third kappa shape index (κ3) is 4.77. The molecule has 0 atom stereocenters. The summed E-state index contributed by atoms with van der Waals surface area (Å²) < 4.78 is 6.81. The highest BCUT2D eigenvalue weighted by Gasteiger charge is 2.21. The fourth-order valence-electron chi connectivity index (χ4n) is 3.45. The molecule has 9 heteroatoms. The Morgan fingerprint density at radius 2 is 1.90 bits per heavy atom. The molecule has 1 aromatic carbocycles. The summed E-state index contributed by atoms with van der Waals surface area (Å²) in [4.78, 5) is 21.6. The van der Waals surface area contributed by atoms with Crippen LogP contribution in [0.1, 0.15) is 34.9 Å². The molecule has 1 fully saturated rings. The third-order valence-electron chi connectivity index (χ3n) is 5.13. The maximum Gasteiger partial charge on any atom is 0.259 e. The number of nitrogens with one attached hydrogen (secondary N) is 2. The van der Waals surface area contributed by atoms with Crippen LogP contribution in [0.3, 0.4) is 0 Å². The molecule has 158 valence electrons. The number of aromatic nitrogens is 4. The zero-order chi connectivity index (χ0) is 20.2. The minimum absolute atomic E-state index is 0. The first-order valence-electron chi connectivity index (χ1n) is 9.66. The number of rotatable bonds is 5. The maximum absolute atomic E-state index is 12.8. The lowest BCUT2D eigenvalue weighted by molar-refractivity contribution is 0.102. The normalized spacial score (nSPS) is 14.1. The standard InChI is InChI=1S/C21H24N6O2.ClH/c1-27-21(24-19(26-27)15-7-9-22-10-8-15)25-20(28)17-11-16(12-23-13-17)14-3-5-18(29-2)6-4-14;/h3-6,11-13,15,22H,7-10H2,1-2H3,(H,24,25,26,28);1H. The van der Waals surface area contributed by atoms with Gasteiger partial charge in [-0.1, -0.05) is 12.1 Å². The molecule has 2 N–H and O–H groups in total. The van der Waals surface area contributed by atoms with Gasteiger partial charge >= 0.3 is 0 Å². The van der Waals surface area contributed by atoms with Gasteiger partial charge in [-0.2, -0.15) is 10.1 Å². The molecule has 1 aliphatic rings. The van der Waals surface area contributed by atoms with E-state index in [4.69, 9.17) is 4.74 Å².